The van der Waals surface area contributed by atoms with Crippen LogP contribution in [0, 0.1) is 11.3 Å². The van der Waals surface area contributed by atoms with E-state index in [-0.39, 0.29) is 0 Å². The fourth-order valence-electron chi connectivity index (χ4n) is 1.30. The normalized spacial score (nSPS) is 12.3. The Balaban J connectivity index is 3.17. The highest BCUT2D eigenvalue weighted by Crippen LogP contribution is 2.25. The molecule has 2 nitrogen and oxygen atoms in total. The van der Waals surface area contributed by atoms with Crippen LogP contribution in [0.4, 0.5) is 0 Å². The van der Waals surface area contributed by atoms with Gasteiger partial charge >= 0.3 is 0 Å². The molecule has 0 spiro atoms. The van der Waals surface area contributed by atoms with Crippen molar-refractivity contribution < 1.29 is 5.11 Å². The zero-order valence-corrected chi connectivity index (χ0v) is 8.36. The van der Waals surface area contributed by atoms with Crippen molar-refractivity contribution in [2.45, 2.75) is 19.4 Å². The molecule has 0 unspecified atom stereocenters. The second-order valence-electron chi connectivity index (χ2n) is 3.61. The van der Waals surface area contributed by atoms with Crippen LogP contribution in [0.1, 0.15) is 19.4 Å². The second-order valence-corrected chi connectivity index (χ2v) is 3.61. The van der Waals surface area contributed by atoms with Crippen LogP contribution in [0.3, 0.4) is 0 Å². The topological polar surface area (TPSA) is 44.0 Å². The van der Waals surface area contributed by atoms with Gasteiger partial charge in [0.15, 0.2) is 0 Å². The van der Waals surface area contributed by atoms with Gasteiger partial charge in [-0.1, -0.05) is 30.3 Å². The summed E-state index contributed by atoms with van der Waals surface area (Å²) in [6.07, 6.45) is 1.38. The van der Waals surface area contributed by atoms with E-state index >= 15 is 0 Å². The maximum Gasteiger partial charge on any atom is 0.0916 e. The number of benzene rings is 1. The van der Waals surface area contributed by atoms with E-state index in [0.29, 0.717) is 5.57 Å². The SMILES string of the molecule is CC(C)(O)/C(=C/C#N)c1ccccc1. The molecule has 0 atom stereocenters. The maximum atomic E-state index is 9.84. The third kappa shape index (κ3) is 2.45. The van der Waals surface area contributed by atoms with Crippen LogP contribution in [-0.4, -0.2) is 10.7 Å². The number of rotatable bonds is 2. The maximum absolute atomic E-state index is 9.84. The van der Waals surface area contributed by atoms with E-state index in [4.69, 9.17) is 5.26 Å². The molecule has 2 heteroatoms. The molecule has 1 aromatic rings. The van der Waals surface area contributed by atoms with Gasteiger partial charge in [-0.05, 0) is 19.4 Å². The molecule has 0 aliphatic rings. The molecule has 0 aromatic heterocycles. The molecule has 1 aromatic carbocycles. The van der Waals surface area contributed by atoms with E-state index in [0.717, 1.165) is 5.56 Å². The van der Waals surface area contributed by atoms with Crippen LogP contribution in [0.2, 0.25) is 0 Å². The molecule has 0 aliphatic carbocycles. The van der Waals surface area contributed by atoms with Gasteiger partial charge in [0, 0.05) is 11.6 Å². The van der Waals surface area contributed by atoms with Gasteiger partial charge in [0.2, 0.25) is 0 Å². The highest BCUT2D eigenvalue weighted by atomic mass is 16.3. The number of nitrogens with zero attached hydrogens (tertiary/aromatic N) is 1. The van der Waals surface area contributed by atoms with E-state index in [1.54, 1.807) is 13.8 Å². The fourth-order valence-corrected chi connectivity index (χ4v) is 1.30. The van der Waals surface area contributed by atoms with Crippen molar-refractivity contribution >= 4 is 5.57 Å². The summed E-state index contributed by atoms with van der Waals surface area (Å²) in [7, 11) is 0. The van der Waals surface area contributed by atoms with Crippen LogP contribution in [0.25, 0.3) is 5.57 Å². The first-order chi connectivity index (χ1) is 6.55. The van der Waals surface area contributed by atoms with E-state index < -0.39 is 5.60 Å². The van der Waals surface area contributed by atoms with Crippen molar-refractivity contribution in [3.8, 4) is 6.07 Å². The van der Waals surface area contributed by atoms with Gasteiger partial charge in [-0.2, -0.15) is 5.26 Å². The van der Waals surface area contributed by atoms with Crippen LogP contribution >= 0.6 is 0 Å². The van der Waals surface area contributed by atoms with E-state index in [1.165, 1.54) is 6.08 Å². The van der Waals surface area contributed by atoms with Crippen molar-refractivity contribution in [2.75, 3.05) is 0 Å². The van der Waals surface area contributed by atoms with Gasteiger partial charge in [0.1, 0.15) is 0 Å². The molecule has 0 radical (unpaired) electrons. The van der Waals surface area contributed by atoms with Crippen molar-refractivity contribution in [2.24, 2.45) is 0 Å². The van der Waals surface area contributed by atoms with Crippen molar-refractivity contribution in [3.63, 3.8) is 0 Å². The summed E-state index contributed by atoms with van der Waals surface area (Å²) < 4.78 is 0. The molecule has 1 rings (SSSR count). The third-order valence-corrected chi connectivity index (χ3v) is 1.95. The van der Waals surface area contributed by atoms with Crippen molar-refractivity contribution in [1.82, 2.24) is 0 Å². The Kier molecular flexibility index (Phi) is 3.06. The van der Waals surface area contributed by atoms with Gasteiger partial charge in [0.25, 0.3) is 0 Å². The average Bonchev–Trinajstić information content (AvgIpc) is 2.14. The zero-order valence-electron chi connectivity index (χ0n) is 8.36. The van der Waals surface area contributed by atoms with Crippen molar-refractivity contribution in [3.05, 3.63) is 42.0 Å². The van der Waals surface area contributed by atoms with Crippen LogP contribution < -0.4 is 0 Å². The summed E-state index contributed by atoms with van der Waals surface area (Å²) >= 11 is 0. The molecule has 0 amide bonds. The summed E-state index contributed by atoms with van der Waals surface area (Å²) in [4.78, 5) is 0. The first-order valence-corrected chi connectivity index (χ1v) is 4.44. The summed E-state index contributed by atoms with van der Waals surface area (Å²) in [6.45, 7) is 3.34. The highest BCUT2D eigenvalue weighted by molar-refractivity contribution is 5.72. The van der Waals surface area contributed by atoms with E-state index in [1.807, 2.05) is 36.4 Å². The molecule has 1 N–H and O–H groups in total. The largest absolute Gasteiger partial charge is 0.386 e. The lowest BCUT2D eigenvalue weighted by molar-refractivity contribution is 0.144. The number of nitriles is 1. The predicted molar refractivity (Wildman–Crippen MR) is 56.3 cm³/mol. The summed E-state index contributed by atoms with van der Waals surface area (Å²) in [6, 6.07) is 11.4. The third-order valence-electron chi connectivity index (χ3n) is 1.95. The number of allylic oxidation sites excluding steroid dienone is 1. The van der Waals surface area contributed by atoms with Gasteiger partial charge in [-0.25, -0.2) is 0 Å². The molecular formula is C12H13NO. The smallest absolute Gasteiger partial charge is 0.0916 e. The summed E-state index contributed by atoms with van der Waals surface area (Å²) in [5, 5.41) is 18.5. The molecule has 0 bridgehead atoms. The Labute approximate surface area is 84.1 Å². The fraction of sp³-hybridized carbons (Fsp3) is 0.250. The number of hydrogen-bond acceptors (Lipinski definition) is 2. The minimum absolute atomic E-state index is 0.639. The lowest BCUT2D eigenvalue weighted by Gasteiger charge is -2.21. The molecule has 72 valence electrons. The van der Waals surface area contributed by atoms with Gasteiger partial charge in [0.05, 0.1) is 11.7 Å². The lowest BCUT2D eigenvalue weighted by Crippen LogP contribution is -2.20. The Morgan fingerprint density at radius 2 is 1.93 bits per heavy atom. The van der Waals surface area contributed by atoms with Crippen LogP contribution in [-0.2, 0) is 0 Å². The van der Waals surface area contributed by atoms with E-state index in [2.05, 4.69) is 0 Å². The van der Waals surface area contributed by atoms with Gasteiger partial charge in [-0.15, -0.1) is 0 Å². The molecule has 0 fully saturated rings. The Bertz CT molecular complexity index is 366. The lowest BCUT2D eigenvalue weighted by atomic mass is 9.91. The second kappa shape index (κ2) is 4.08. The van der Waals surface area contributed by atoms with Crippen molar-refractivity contribution in [1.29, 1.82) is 5.26 Å². The Morgan fingerprint density at radius 3 is 2.36 bits per heavy atom. The minimum atomic E-state index is -0.989. The molecule has 14 heavy (non-hydrogen) atoms. The first kappa shape index (κ1) is 10.5. The number of aliphatic hydroxyl groups is 1. The molecule has 0 heterocycles. The molecule has 0 aliphatic heterocycles. The standard InChI is InChI=1S/C12H13NO/c1-12(2,14)11(8-9-13)10-6-4-3-5-7-10/h3-8,14H,1-2H3/b11-8+. The molecular weight excluding hydrogens is 174 g/mol. The van der Waals surface area contributed by atoms with Crippen LogP contribution in [0.5, 0.6) is 0 Å². The van der Waals surface area contributed by atoms with Crippen LogP contribution in [0.15, 0.2) is 36.4 Å². The minimum Gasteiger partial charge on any atom is -0.386 e. The summed E-state index contributed by atoms with van der Waals surface area (Å²) in [5.41, 5.74) is 0.527. The quantitative estimate of drug-likeness (QED) is 0.722. The summed E-state index contributed by atoms with van der Waals surface area (Å²) in [5.74, 6) is 0. The monoisotopic (exact) mass is 187 g/mol. The average molecular weight is 187 g/mol. The Hall–Kier alpha value is -1.59. The predicted octanol–water partition coefficient (Wildman–Crippen LogP) is 2.36. The number of hydrogen-bond donors (Lipinski definition) is 1. The van der Waals surface area contributed by atoms with E-state index in [9.17, 15) is 5.11 Å². The Morgan fingerprint density at radius 1 is 1.36 bits per heavy atom. The highest BCUT2D eigenvalue weighted by Gasteiger charge is 2.20. The molecule has 0 saturated carbocycles. The van der Waals surface area contributed by atoms with Gasteiger partial charge in [-0.3, -0.25) is 0 Å². The molecule has 0 saturated heterocycles. The van der Waals surface area contributed by atoms with Gasteiger partial charge < -0.3 is 5.11 Å². The first-order valence-electron chi connectivity index (χ1n) is 4.44. The zero-order chi connectivity index (χ0) is 10.6.